The van der Waals surface area contributed by atoms with Gasteiger partial charge in [0, 0.05) is 32.1 Å². The van der Waals surface area contributed by atoms with Crippen molar-refractivity contribution in [2.24, 2.45) is 5.92 Å². The molecule has 2 aliphatic rings. The molecule has 0 aliphatic carbocycles. The van der Waals surface area contributed by atoms with E-state index < -0.39 is 6.04 Å². The topological polar surface area (TPSA) is 69.7 Å². The third kappa shape index (κ3) is 4.69. The largest absolute Gasteiger partial charge is 0.341 e. The van der Waals surface area contributed by atoms with Crippen molar-refractivity contribution in [2.75, 3.05) is 19.6 Å². The van der Waals surface area contributed by atoms with Gasteiger partial charge in [-0.15, -0.1) is 11.3 Å². The lowest BCUT2D eigenvalue weighted by molar-refractivity contribution is -0.139. The zero-order chi connectivity index (χ0) is 19.4. The second-order valence-electron chi connectivity index (χ2n) is 7.77. The average molecular weight is 392 g/mol. The molecule has 6 nitrogen and oxygen atoms in total. The van der Waals surface area contributed by atoms with Crippen molar-refractivity contribution in [3.8, 4) is 0 Å². The van der Waals surface area contributed by atoms with E-state index in [2.05, 4.69) is 5.32 Å². The van der Waals surface area contributed by atoms with Gasteiger partial charge in [-0.05, 0) is 43.0 Å². The van der Waals surface area contributed by atoms with E-state index in [4.69, 9.17) is 0 Å². The third-order valence-electron chi connectivity index (χ3n) is 5.54. The van der Waals surface area contributed by atoms with Gasteiger partial charge in [-0.3, -0.25) is 14.4 Å². The summed E-state index contributed by atoms with van der Waals surface area (Å²) in [5.74, 6) is 0.0706. The van der Waals surface area contributed by atoms with Crippen molar-refractivity contribution in [3.63, 3.8) is 0 Å². The maximum absolute atomic E-state index is 13.0. The second-order valence-corrected chi connectivity index (χ2v) is 8.72. The maximum atomic E-state index is 13.0. The summed E-state index contributed by atoms with van der Waals surface area (Å²) in [6, 6.07) is 3.33. The molecule has 1 atom stereocenters. The minimum Gasteiger partial charge on any atom is -0.341 e. The number of thiophene rings is 1. The smallest absolute Gasteiger partial charge is 0.262 e. The van der Waals surface area contributed by atoms with Gasteiger partial charge < -0.3 is 15.1 Å². The first kappa shape index (κ1) is 19.9. The number of carbonyl (C=O) groups is 3. The Bertz CT molecular complexity index is 666. The number of hydrogen-bond acceptors (Lipinski definition) is 4. The molecule has 148 valence electrons. The summed E-state index contributed by atoms with van der Waals surface area (Å²) in [6.45, 7) is 6.05. The van der Waals surface area contributed by atoms with Crippen LogP contribution in [0.3, 0.4) is 0 Å². The Hall–Kier alpha value is -1.89. The number of rotatable bonds is 5. The van der Waals surface area contributed by atoms with Crippen LogP contribution >= 0.6 is 11.3 Å². The standard InChI is InChI=1S/C20H29N3O3S/c1-14(2)18(21-19(25)16-6-5-13-27-16)20(26)22-11-8-15(9-12-22)23-10-4-3-7-17(23)24/h5-6,13-15,18H,3-4,7-12H2,1-2H3,(H,21,25)/t18-/m1/s1. The van der Waals surface area contributed by atoms with Crippen LogP contribution in [-0.4, -0.2) is 59.2 Å². The van der Waals surface area contributed by atoms with Crippen LogP contribution in [0.25, 0.3) is 0 Å². The molecule has 1 aromatic heterocycles. The summed E-state index contributed by atoms with van der Waals surface area (Å²) in [7, 11) is 0. The molecule has 0 saturated carbocycles. The predicted octanol–water partition coefficient (Wildman–Crippen LogP) is 2.51. The average Bonchev–Trinajstić information content (AvgIpc) is 3.21. The fourth-order valence-electron chi connectivity index (χ4n) is 3.94. The number of carbonyl (C=O) groups excluding carboxylic acids is 3. The molecule has 2 fully saturated rings. The van der Waals surface area contributed by atoms with Gasteiger partial charge in [0.05, 0.1) is 4.88 Å². The van der Waals surface area contributed by atoms with E-state index in [1.54, 1.807) is 6.07 Å². The number of amides is 3. The molecule has 2 saturated heterocycles. The highest BCUT2D eigenvalue weighted by atomic mass is 32.1. The Morgan fingerprint density at radius 2 is 1.93 bits per heavy atom. The van der Waals surface area contributed by atoms with E-state index in [1.807, 2.05) is 35.1 Å². The molecular weight excluding hydrogens is 362 g/mol. The summed E-state index contributed by atoms with van der Waals surface area (Å²) in [5.41, 5.74) is 0. The maximum Gasteiger partial charge on any atom is 0.262 e. The summed E-state index contributed by atoms with van der Waals surface area (Å²) >= 11 is 1.37. The van der Waals surface area contributed by atoms with Crippen LogP contribution < -0.4 is 5.32 Å². The van der Waals surface area contributed by atoms with Crippen LogP contribution in [0.2, 0.25) is 0 Å². The molecule has 1 N–H and O–H groups in total. The van der Waals surface area contributed by atoms with Gasteiger partial charge in [-0.2, -0.15) is 0 Å². The molecule has 3 amide bonds. The summed E-state index contributed by atoms with van der Waals surface area (Å²) < 4.78 is 0. The molecule has 3 rings (SSSR count). The minimum atomic E-state index is -0.521. The highest BCUT2D eigenvalue weighted by Gasteiger charge is 2.34. The Labute approximate surface area is 164 Å². The van der Waals surface area contributed by atoms with Crippen molar-refractivity contribution in [1.29, 1.82) is 0 Å². The van der Waals surface area contributed by atoms with Crippen molar-refractivity contribution in [2.45, 2.75) is 58.0 Å². The van der Waals surface area contributed by atoms with E-state index in [0.717, 1.165) is 32.2 Å². The first-order chi connectivity index (χ1) is 13.0. The first-order valence-electron chi connectivity index (χ1n) is 9.90. The lowest BCUT2D eigenvalue weighted by atomic mass is 9.97. The highest BCUT2D eigenvalue weighted by molar-refractivity contribution is 7.12. The zero-order valence-electron chi connectivity index (χ0n) is 16.1. The Morgan fingerprint density at radius 1 is 1.19 bits per heavy atom. The number of likely N-dealkylation sites (tertiary alicyclic amines) is 2. The predicted molar refractivity (Wildman–Crippen MR) is 106 cm³/mol. The monoisotopic (exact) mass is 391 g/mol. The lowest BCUT2D eigenvalue weighted by Gasteiger charge is -2.41. The van der Waals surface area contributed by atoms with Crippen LogP contribution in [-0.2, 0) is 9.59 Å². The Balaban J connectivity index is 1.57. The van der Waals surface area contributed by atoms with E-state index in [-0.39, 0.29) is 29.7 Å². The molecule has 0 spiro atoms. The minimum absolute atomic E-state index is 0.0154. The van der Waals surface area contributed by atoms with E-state index in [0.29, 0.717) is 24.4 Å². The molecule has 0 bridgehead atoms. The molecular formula is C20H29N3O3S. The normalized spacial score (nSPS) is 20.0. The number of piperidine rings is 2. The Kier molecular flexibility index (Phi) is 6.52. The van der Waals surface area contributed by atoms with E-state index in [1.165, 1.54) is 11.3 Å². The van der Waals surface area contributed by atoms with Crippen molar-refractivity contribution in [1.82, 2.24) is 15.1 Å². The van der Waals surface area contributed by atoms with E-state index in [9.17, 15) is 14.4 Å². The van der Waals surface area contributed by atoms with Crippen LogP contribution in [0.4, 0.5) is 0 Å². The lowest BCUT2D eigenvalue weighted by Crippen LogP contribution is -2.55. The van der Waals surface area contributed by atoms with Gasteiger partial charge in [0.15, 0.2) is 0 Å². The number of nitrogens with one attached hydrogen (secondary N) is 1. The first-order valence-corrected chi connectivity index (χ1v) is 10.8. The van der Waals surface area contributed by atoms with Gasteiger partial charge in [0.1, 0.15) is 6.04 Å². The SMILES string of the molecule is CC(C)[C@@H](NC(=O)c1cccs1)C(=O)N1CCC(N2CCCCC2=O)CC1. The highest BCUT2D eigenvalue weighted by Crippen LogP contribution is 2.23. The van der Waals surface area contributed by atoms with Gasteiger partial charge in [0.2, 0.25) is 11.8 Å². The van der Waals surface area contributed by atoms with Gasteiger partial charge in [-0.25, -0.2) is 0 Å². The fraction of sp³-hybridized carbons (Fsp3) is 0.650. The van der Waals surface area contributed by atoms with Crippen molar-refractivity contribution in [3.05, 3.63) is 22.4 Å². The van der Waals surface area contributed by atoms with Gasteiger partial charge in [0.25, 0.3) is 5.91 Å². The molecule has 0 aromatic carbocycles. The quantitative estimate of drug-likeness (QED) is 0.838. The molecule has 0 unspecified atom stereocenters. The van der Waals surface area contributed by atoms with Crippen LogP contribution in [0.5, 0.6) is 0 Å². The van der Waals surface area contributed by atoms with E-state index >= 15 is 0 Å². The number of hydrogen-bond donors (Lipinski definition) is 1. The summed E-state index contributed by atoms with van der Waals surface area (Å²) in [5, 5.41) is 4.77. The second kappa shape index (κ2) is 8.87. The molecule has 3 heterocycles. The van der Waals surface area contributed by atoms with Crippen molar-refractivity contribution >= 4 is 29.1 Å². The summed E-state index contributed by atoms with van der Waals surface area (Å²) in [4.78, 5) is 42.0. The van der Waals surface area contributed by atoms with Crippen LogP contribution in [0.1, 0.15) is 55.6 Å². The third-order valence-corrected chi connectivity index (χ3v) is 6.41. The molecule has 1 aromatic rings. The van der Waals surface area contributed by atoms with Crippen molar-refractivity contribution < 1.29 is 14.4 Å². The molecule has 0 radical (unpaired) electrons. The molecule has 27 heavy (non-hydrogen) atoms. The van der Waals surface area contributed by atoms with Gasteiger partial charge in [-0.1, -0.05) is 19.9 Å². The van der Waals surface area contributed by atoms with Crippen LogP contribution in [0.15, 0.2) is 17.5 Å². The fourth-order valence-corrected chi connectivity index (χ4v) is 4.57. The number of nitrogens with zero attached hydrogens (tertiary/aromatic N) is 2. The zero-order valence-corrected chi connectivity index (χ0v) is 17.0. The molecule has 2 aliphatic heterocycles. The molecule has 7 heteroatoms. The Morgan fingerprint density at radius 3 is 2.52 bits per heavy atom. The summed E-state index contributed by atoms with van der Waals surface area (Å²) in [6.07, 6.45) is 4.37. The van der Waals surface area contributed by atoms with Crippen LogP contribution in [0, 0.1) is 5.92 Å². The van der Waals surface area contributed by atoms with Gasteiger partial charge >= 0.3 is 0 Å².